The second kappa shape index (κ2) is 3.89. The summed E-state index contributed by atoms with van der Waals surface area (Å²) in [6, 6.07) is 3.55. The van der Waals surface area contributed by atoms with Crippen LogP contribution in [0.2, 0.25) is 0 Å². The summed E-state index contributed by atoms with van der Waals surface area (Å²) >= 11 is 0. The standard InChI is InChI=1S/C9H13N3O/c1-6(2)8-7(9(10)12-13)4-3-5-11-8/h3-6,13H,1-2H3,(H2,10,12). The third-order valence-electron chi connectivity index (χ3n) is 1.77. The molecule has 13 heavy (non-hydrogen) atoms. The van der Waals surface area contributed by atoms with Gasteiger partial charge >= 0.3 is 0 Å². The van der Waals surface area contributed by atoms with E-state index in [1.165, 1.54) is 0 Å². The fourth-order valence-electron chi connectivity index (χ4n) is 1.15. The zero-order valence-corrected chi connectivity index (χ0v) is 7.73. The minimum atomic E-state index is 0.108. The van der Waals surface area contributed by atoms with E-state index in [9.17, 15) is 0 Å². The van der Waals surface area contributed by atoms with Gasteiger partial charge in [0.25, 0.3) is 0 Å². The molecule has 0 saturated heterocycles. The van der Waals surface area contributed by atoms with Gasteiger partial charge in [0.15, 0.2) is 5.84 Å². The molecule has 0 aliphatic carbocycles. The lowest BCUT2D eigenvalue weighted by Crippen LogP contribution is -2.16. The maximum atomic E-state index is 8.53. The number of hydrogen-bond acceptors (Lipinski definition) is 3. The summed E-state index contributed by atoms with van der Waals surface area (Å²) in [7, 11) is 0. The predicted octanol–water partition coefficient (Wildman–Crippen LogP) is 1.30. The summed E-state index contributed by atoms with van der Waals surface area (Å²) in [5, 5.41) is 11.5. The van der Waals surface area contributed by atoms with Gasteiger partial charge in [-0.1, -0.05) is 19.0 Å². The lowest BCUT2D eigenvalue weighted by atomic mass is 10.0. The monoisotopic (exact) mass is 179 g/mol. The molecule has 4 nitrogen and oxygen atoms in total. The maximum Gasteiger partial charge on any atom is 0.171 e. The number of nitrogens with zero attached hydrogens (tertiary/aromatic N) is 2. The van der Waals surface area contributed by atoms with E-state index in [4.69, 9.17) is 10.9 Å². The van der Waals surface area contributed by atoms with Crippen molar-refractivity contribution >= 4 is 5.84 Å². The molecule has 0 saturated carbocycles. The zero-order valence-electron chi connectivity index (χ0n) is 7.73. The van der Waals surface area contributed by atoms with Crippen molar-refractivity contribution in [3.8, 4) is 0 Å². The topological polar surface area (TPSA) is 71.5 Å². The van der Waals surface area contributed by atoms with Crippen LogP contribution in [0.4, 0.5) is 0 Å². The number of amidine groups is 1. The fourth-order valence-corrected chi connectivity index (χ4v) is 1.15. The van der Waals surface area contributed by atoms with Gasteiger partial charge in [0, 0.05) is 11.8 Å². The van der Waals surface area contributed by atoms with Crippen molar-refractivity contribution in [3.63, 3.8) is 0 Å². The van der Waals surface area contributed by atoms with E-state index in [2.05, 4.69) is 10.1 Å². The molecular weight excluding hydrogens is 166 g/mol. The van der Waals surface area contributed by atoms with E-state index < -0.39 is 0 Å². The molecule has 0 aromatic carbocycles. The van der Waals surface area contributed by atoms with Crippen molar-refractivity contribution < 1.29 is 5.21 Å². The van der Waals surface area contributed by atoms with E-state index in [0.29, 0.717) is 5.56 Å². The highest BCUT2D eigenvalue weighted by atomic mass is 16.4. The van der Waals surface area contributed by atoms with Crippen molar-refractivity contribution in [2.75, 3.05) is 0 Å². The molecule has 0 fully saturated rings. The van der Waals surface area contributed by atoms with Gasteiger partial charge in [-0.25, -0.2) is 0 Å². The molecule has 0 unspecified atom stereocenters. The molecular formula is C9H13N3O. The highest BCUT2D eigenvalue weighted by Gasteiger charge is 2.10. The van der Waals surface area contributed by atoms with Gasteiger partial charge in [-0.15, -0.1) is 0 Å². The average Bonchev–Trinajstić information content (AvgIpc) is 2.16. The van der Waals surface area contributed by atoms with E-state index >= 15 is 0 Å². The summed E-state index contributed by atoms with van der Waals surface area (Å²) in [5.41, 5.74) is 7.03. The normalized spacial score (nSPS) is 12.1. The Morgan fingerprint density at radius 1 is 1.62 bits per heavy atom. The van der Waals surface area contributed by atoms with Crippen LogP contribution in [0.5, 0.6) is 0 Å². The van der Waals surface area contributed by atoms with Gasteiger partial charge in [0.05, 0.1) is 5.69 Å². The predicted molar refractivity (Wildman–Crippen MR) is 50.8 cm³/mol. The third kappa shape index (κ3) is 1.96. The third-order valence-corrected chi connectivity index (χ3v) is 1.77. The van der Waals surface area contributed by atoms with Crippen LogP contribution in [0.25, 0.3) is 0 Å². The van der Waals surface area contributed by atoms with Crippen LogP contribution >= 0.6 is 0 Å². The summed E-state index contributed by atoms with van der Waals surface area (Å²) < 4.78 is 0. The van der Waals surface area contributed by atoms with Crippen LogP contribution in [0.1, 0.15) is 31.0 Å². The molecule has 0 aliphatic rings. The van der Waals surface area contributed by atoms with Crippen LogP contribution < -0.4 is 5.73 Å². The van der Waals surface area contributed by atoms with Crippen LogP contribution in [0.15, 0.2) is 23.5 Å². The summed E-state index contributed by atoms with van der Waals surface area (Å²) in [5.74, 6) is 0.369. The minimum Gasteiger partial charge on any atom is -0.409 e. The van der Waals surface area contributed by atoms with Crippen LogP contribution in [-0.2, 0) is 0 Å². The number of pyridine rings is 1. The fraction of sp³-hybridized carbons (Fsp3) is 0.333. The smallest absolute Gasteiger partial charge is 0.171 e. The number of rotatable bonds is 2. The number of hydrogen-bond donors (Lipinski definition) is 2. The first kappa shape index (κ1) is 9.51. The molecule has 3 N–H and O–H groups in total. The van der Waals surface area contributed by atoms with Gasteiger partial charge in [-0.05, 0) is 18.1 Å². The van der Waals surface area contributed by atoms with Crippen LogP contribution in [-0.4, -0.2) is 16.0 Å². The largest absolute Gasteiger partial charge is 0.409 e. The summed E-state index contributed by atoms with van der Waals surface area (Å²) in [6.45, 7) is 4.02. The van der Waals surface area contributed by atoms with Crippen LogP contribution in [0, 0.1) is 0 Å². The van der Waals surface area contributed by atoms with Crippen molar-refractivity contribution in [2.24, 2.45) is 10.9 Å². The number of nitrogens with two attached hydrogens (primary N) is 1. The first-order valence-corrected chi connectivity index (χ1v) is 4.09. The van der Waals surface area contributed by atoms with Gasteiger partial charge in [0.2, 0.25) is 0 Å². The molecule has 1 heterocycles. The van der Waals surface area contributed by atoms with Crippen molar-refractivity contribution in [2.45, 2.75) is 19.8 Å². The molecule has 0 aliphatic heterocycles. The Balaban J connectivity index is 3.20. The highest BCUT2D eigenvalue weighted by Crippen LogP contribution is 2.15. The lowest BCUT2D eigenvalue weighted by molar-refractivity contribution is 0.318. The second-order valence-electron chi connectivity index (χ2n) is 3.08. The Kier molecular flexibility index (Phi) is 2.84. The molecule has 4 heteroatoms. The molecule has 0 spiro atoms. The van der Waals surface area contributed by atoms with E-state index in [1.807, 2.05) is 13.8 Å². The van der Waals surface area contributed by atoms with Crippen molar-refractivity contribution in [1.82, 2.24) is 4.98 Å². The first-order valence-electron chi connectivity index (χ1n) is 4.09. The number of oxime groups is 1. The Bertz CT molecular complexity index is 320. The molecule has 1 rings (SSSR count). The Labute approximate surface area is 77.1 Å². The van der Waals surface area contributed by atoms with Gasteiger partial charge in [-0.3, -0.25) is 4.98 Å². The molecule has 0 bridgehead atoms. The Morgan fingerprint density at radius 3 is 2.85 bits per heavy atom. The Hall–Kier alpha value is -1.58. The molecule has 0 radical (unpaired) electrons. The van der Waals surface area contributed by atoms with Crippen molar-refractivity contribution in [1.29, 1.82) is 0 Å². The summed E-state index contributed by atoms with van der Waals surface area (Å²) in [4.78, 5) is 4.18. The molecule has 70 valence electrons. The van der Waals surface area contributed by atoms with E-state index in [0.717, 1.165) is 5.69 Å². The highest BCUT2D eigenvalue weighted by molar-refractivity contribution is 5.98. The molecule has 1 aromatic heterocycles. The quantitative estimate of drug-likeness (QED) is 0.311. The van der Waals surface area contributed by atoms with Crippen LogP contribution in [0.3, 0.4) is 0 Å². The van der Waals surface area contributed by atoms with E-state index in [-0.39, 0.29) is 11.8 Å². The van der Waals surface area contributed by atoms with Gasteiger partial charge in [-0.2, -0.15) is 0 Å². The van der Waals surface area contributed by atoms with Gasteiger partial charge < -0.3 is 10.9 Å². The molecule has 1 aromatic rings. The van der Waals surface area contributed by atoms with E-state index in [1.54, 1.807) is 18.3 Å². The number of aromatic nitrogens is 1. The summed E-state index contributed by atoms with van der Waals surface area (Å²) in [6.07, 6.45) is 1.70. The molecule has 0 amide bonds. The average molecular weight is 179 g/mol. The molecule has 0 atom stereocenters. The maximum absolute atomic E-state index is 8.53. The lowest BCUT2D eigenvalue weighted by Gasteiger charge is -2.08. The SMILES string of the molecule is CC(C)c1ncccc1/C(N)=N/O. The minimum absolute atomic E-state index is 0.108. The van der Waals surface area contributed by atoms with Gasteiger partial charge in [0.1, 0.15) is 0 Å². The Morgan fingerprint density at radius 2 is 2.31 bits per heavy atom. The van der Waals surface area contributed by atoms with Crippen molar-refractivity contribution in [3.05, 3.63) is 29.6 Å². The second-order valence-corrected chi connectivity index (χ2v) is 3.08. The first-order chi connectivity index (χ1) is 6.16. The zero-order chi connectivity index (χ0) is 9.84.